The molecule has 1 heterocycles. The summed E-state index contributed by atoms with van der Waals surface area (Å²) in [5.41, 5.74) is 1.98. The maximum absolute atomic E-state index is 12.5. The fourth-order valence-electron chi connectivity index (χ4n) is 2.55. The molecule has 1 aromatic heterocycles. The summed E-state index contributed by atoms with van der Waals surface area (Å²) in [6.45, 7) is 3.92. The Morgan fingerprint density at radius 1 is 1.04 bits per heavy atom. The minimum Gasteiger partial charge on any atom is -0.492 e. The van der Waals surface area contributed by atoms with Gasteiger partial charge in [-0.1, -0.05) is 24.3 Å². The largest absolute Gasteiger partial charge is 0.492 e. The number of anilines is 3. The highest BCUT2D eigenvalue weighted by molar-refractivity contribution is 6.04. The lowest BCUT2D eigenvalue weighted by molar-refractivity contribution is 0.100. The highest BCUT2D eigenvalue weighted by atomic mass is 16.5. The first-order valence-electron chi connectivity index (χ1n) is 8.80. The van der Waals surface area contributed by atoms with E-state index >= 15 is 0 Å². The lowest BCUT2D eigenvalue weighted by atomic mass is 10.1. The Balaban J connectivity index is 1.77. The molecule has 7 nitrogen and oxygen atoms in total. The van der Waals surface area contributed by atoms with Gasteiger partial charge in [-0.25, -0.2) is 9.97 Å². The Morgan fingerprint density at radius 3 is 2.64 bits per heavy atom. The molecule has 28 heavy (non-hydrogen) atoms. The van der Waals surface area contributed by atoms with Crippen LogP contribution in [0.25, 0.3) is 0 Å². The SMILES string of the molecule is CCOc1ccccc1Nc1cc(C(=O)Nc2cccc(C(C)=O)c2)ncn1. The summed E-state index contributed by atoms with van der Waals surface area (Å²) >= 11 is 0. The van der Waals surface area contributed by atoms with Crippen molar-refractivity contribution in [3.8, 4) is 5.75 Å². The molecule has 0 saturated heterocycles. The second-order valence-electron chi connectivity index (χ2n) is 5.93. The number of ketones is 1. The van der Waals surface area contributed by atoms with Gasteiger partial charge in [-0.3, -0.25) is 9.59 Å². The van der Waals surface area contributed by atoms with Gasteiger partial charge in [-0.15, -0.1) is 0 Å². The van der Waals surface area contributed by atoms with E-state index in [1.807, 2.05) is 31.2 Å². The van der Waals surface area contributed by atoms with E-state index < -0.39 is 5.91 Å². The lowest BCUT2D eigenvalue weighted by Gasteiger charge is -2.12. The van der Waals surface area contributed by atoms with Crippen molar-refractivity contribution in [2.75, 3.05) is 17.2 Å². The van der Waals surface area contributed by atoms with E-state index in [2.05, 4.69) is 20.6 Å². The van der Waals surface area contributed by atoms with Crippen LogP contribution in [-0.4, -0.2) is 28.3 Å². The van der Waals surface area contributed by atoms with Gasteiger partial charge in [0.15, 0.2) is 5.78 Å². The van der Waals surface area contributed by atoms with E-state index in [0.29, 0.717) is 29.4 Å². The molecule has 0 radical (unpaired) electrons. The summed E-state index contributed by atoms with van der Waals surface area (Å²) in [5, 5.41) is 5.88. The van der Waals surface area contributed by atoms with Crippen molar-refractivity contribution in [3.05, 3.63) is 72.2 Å². The van der Waals surface area contributed by atoms with Crippen LogP contribution in [0.2, 0.25) is 0 Å². The topological polar surface area (TPSA) is 93.2 Å². The van der Waals surface area contributed by atoms with Crippen molar-refractivity contribution in [2.24, 2.45) is 0 Å². The molecule has 0 spiro atoms. The van der Waals surface area contributed by atoms with Gasteiger partial charge in [-0.05, 0) is 38.1 Å². The van der Waals surface area contributed by atoms with Crippen LogP contribution in [0.15, 0.2) is 60.9 Å². The Morgan fingerprint density at radius 2 is 1.86 bits per heavy atom. The number of ether oxygens (including phenoxy) is 1. The fourth-order valence-corrected chi connectivity index (χ4v) is 2.55. The lowest BCUT2D eigenvalue weighted by Crippen LogP contribution is -2.14. The maximum atomic E-state index is 12.5. The number of hydrogen-bond acceptors (Lipinski definition) is 6. The molecule has 3 rings (SSSR count). The van der Waals surface area contributed by atoms with Crippen molar-refractivity contribution in [3.63, 3.8) is 0 Å². The number of para-hydroxylation sites is 2. The smallest absolute Gasteiger partial charge is 0.274 e. The van der Waals surface area contributed by atoms with Crippen LogP contribution in [0.3, 0.4) is 0 Å². The minimum absolute atomic E-state index is 0.0717. The predicted octanol–water partition coefficient (Wildman–Crippen LogP) is 4.07. The molecule has 142 valence electrons. The van der Waals surface area contributed by atoms with Gasteiger partial charge < -0.3 is 15.4 Å². The molecule has 2 aromatic carbocycles. The van der Waals surface area contributed by atoms with Crippen molar-refractivity contribution < 1.29 is 14.3 Å². The van der Waals surface area contributed by atoms with E-state index in [9.17, 15) is 9.59 Å². The third kappa shape index (κ3) is 4.70. The van der Waals surface area contributed by atoms with Gasteiger partial charge >= 0.3 is 0 Å². The average Bonchev–Trinajstić information content (AvgIpc) is 2.70. The number of nitrogens with zero attached hydrogens (tertiary/aromatic N) is 2. The van der Waals surface area contributed by atoms with Crippen LogP contribution in [0.4, 0.5) is 17.2 Å². The second kappa shape index (κ2) is 8.77. The zero-order valence-electron chi connectivity index (χ0n) is 15.6. The van der Waals surface area contributed by atoms with Gasteiger partial charge in [0, 0.05) is 17.3 Å². The summed E-state index contributed by atoms with van der Waals surface area (Å²) in [5.74, 6) is 0.683. The summed E-state index contributed by atoms with van der Waals surface area (Å²) in [6, 6.07) is 15.8. The zero-order valence-corrected chi connectivity index (χ0v) is 15.6. The molecule has 1 amide bonds. The number of rotatable bonds is 7. The molecular formula is C21H20N4O3. The van der Waals surface area contributed by atoms with Crippen LogP contribution < -0.4 is 15.4 Å². The fraction of sp³-hybridized carbons (Fsp3) is 0.143. The molecule has 0 aliphatic carbocycles. The van der Waals surface area contributed by atoms with Crippen molar-refractivity contribution >= 4 is 28.9 Å². The number of Topliss-reactive ketones (excluding diaryl/α,β-unsaturated/α-hetero) is 1. The summed E-state index contributed by atoms with van der Waals surface area (Å²) in [4.78, 5) is 32.2. The van der Waals surface area contributed by atoms with Crippen molar-refractivity contribution in [1.82, 2.24) is 9.97 Å². The number of carbonyl (C=O) groups is 2. The molecule has 0 aliphatic rings. The molecule has 0 fully saturated rings. The van der Waals surface area contributed by atoms with Gasteiger partial charge in [0.05, 0.1) is 12.3 Å². The molecule has 2 N–H and O–H groups in total. The minimum atomic E-state index is -0.399. The molecule has 7 heteroatoms. The van der Waals surface area contributed by atoms with Gasteiger partial charge in [-0.2, -0.15) is 0 Å². The molecule has 0 unspecified atom stereocenters. The van der Waals surface area contributed by atoms with Crippen molar-refractivity contribution in [1.29, 1.82) is 0 Å². The first-order chi connectivity index (χ1) is 13.6. The molecule has 0 aliphatic heterocycles. The van der Waals surface area contributed by atoms with Crippen LogP contribution >= 0.6 is 0 Å². The van der Waals surface area contributed by atoms with Crippen LogP contribution in [-0.2, 0) is 0 Å². The van der Waals surface area contributed by atoms with Crippen LogP contribution in [0.1, 0.15) is 34.7 Å². The number of benzene rings is 2. The van der Waals surface area contributed by atoms with Crippen LogP contribution in [0, 0.1) is 0 Å². The first-order valence-corrected chi connectivity index (χ1v) is 8.80. The number of nitrogens with one attached hydrogen (secondary N) is 2. The number of amides is 1. The molecular weight excluding hydrogens is 356 g/mol. The zero-order chi connectivity index (χ0) is 19.9. The van der Waals surface area contributed by atoms with E-state index in [1.165, 1.54) is 13.3 Å². The van der Waals surface area contributed by atoms with E-state index in [0.717, 1.165) is 5.69 Å². The normalized spacial score (nSPS) is 10.2. The highest BCUT2D eigenvalue weighted by Gasteiger charge is 2.11. The van der Waals surface area contributed by atoms with E-state index in [-0.39, 0.29) is 11.5 Å². The van der Waals surface area contributed by atoms with Crippen molar-refractivity contribution in [2.45, 2.75) is 13.8 Å². The standard InChI is InChI=1S/C21H20N4O3/c1-3-28-19-10-5-4-9-17(19)25-20-12-18(22-13-23-20)21(27)24-16-8-6-7-15(11-16)14(2)26/h4-13H,3H2,1-2H3,(H,24,27)(H,22,23,25). The highest BCUT2D eigenvalue weighted by Crippen LogP contribution is 2.26. The Hall–Kier alpha value is -3.74. The summed E-state index contributed by atoms with van der Waals surface area (Å²) in [6.07, 6.45) is 1.31. The van der Waals surface area contributed by atoms with Gasteiger partial charge in [0.1, 0.15) is 23.6 Å². The number of aromatic nitrogens is 2. The molecule has 0 saturated carbocycles. The molecule has 3 aromatic rings. The first kappa shape index (κ1) is 19.0. The Bertz CT molecular complexity index is 1000. The Labute approximate surface area is 162 Å². The third-order valence-corrected chi connectivity index (χ3v) is 3.88. The average molecular weight is 376 g/mol. The predicted molar refractivity (Wildman–Crippen MR) is 107 cm³/mol. The van der Waals surface area contributed by atoms with E-state index in [4.69, 9.17) is 4.74 Å². The molecule has 0 atom stereocenters. The van der Waals surface area contributed by atoms with Crippen LogP contribution in [0.5, 0.6) is 5.75 Å². The maximum Gasteiger partial charge on any atom is 0.274 e. The number of hydrogen-bond donors (Lipinski definition) is 2. The Kier molecular flexibility index (Phi) is 5.96. The third-order valence-electron chi connectivity index (χ3n) is 3.88. The van der Waals surface area contributed by atoms with Gasteiger partial charge in [0.25, 0.3) is 5.91 Å². The summed E-state index contributed by atoms with van der Waals surface area (Å²) < 4.78 is 5.58. The summed E-state index contributed by atoms with van der Waals surface area (Å²) in [7, 11) is 0. The number of carbonyl (C=O) groups excluding carboxylic acids is 2. The van der Waals surface area contributed by atoms with E-state index in [1.54, 1.807) is 30.3 Å². The second-order valence-corrected chi connectivity index (χ2v) is 5.93. The quantitative estimate of drug-likeness (QED) is 0.604. The molecule has 0 bridgehead atoms. The monoisotopic (exact) mass is 376 g/mol. The van der Waals surface area contributed by atoms with Gasteiger partial charge in [0.2, 0.25) is 0 Å².